The van der Waals surface area contributed by atoms with Crippen LogP contribution in [-0.4, -0.2) is 34.5 Å². The first-order valence-electron chi connectivity index (χ1n) is 10.8. The maximum Gasteiger partial charge on any atom is 0.337 e. The van der Waals surface area contributed by atoms with Crippen molar-refractivity contribution in [2.75, 3.05) is 11.9 Å². The van der Waals surface area contributed by atoms with Crippen LogP contribution in [0.1, 0.15) is 41.8 Å². The van der Waals surface area contributed by atoms with Crippen molar-refractivity contribution in [3.05, 3.63) is 76.0 Å². The van der Waals surface area contributed by atoms with Gasteiger partial charge < -0.3 is 14.8 Å². The van der Waals surface area contributed by atoms with Crippen LogP contribution in [0.25, 0.3) is 11.3 Å². The molecule has 0 spiro atoms. The fourth-order valence-corrected chi connectivity index (χ4v) is 4.53. The normalized spacial score (nSPS) is 16.8. The molecule has 0 aliphatic carbocycles. The number of hydrogen-bond acceptors (Lipinski definition) is 4. The molecule has 33 heavy (non-hydrogen) atoms. The molecule has 1 aliphatic rings. The summed E-state index contributed by atoms with van der Waals surface area (Å²) in [4.78, 5) is 26.8. The van der Waals surface area contributed by atoms with Gasteiger partial charge in [0, 0.05) is 10.6 Å². The number of halogens is 2. The molecule has 1 aromatic heterocycles. The number of benzene rings is 2. The number of carbonyl (C=O) groups is 2. The number of amides is 1. The Balaban J connectivity index is 1.53. The van der Waals surface area contributed by atoms with E-state index in [-0.39, 0.29) is 11.5 Å². The second-order valence-corrected chi connectivity index (χ2v) is 8.91. The third-order valence-corrected chi connectivity index (χ3v) is 6.36. The molecule has 8 heteroatoms. The Morgan fingerprint density at radius 2 is 1.88 bits per heavy atom. The van der Waals surface area contributed by atoms with Crippen molar-refractivity contribution < 1.29 is 19.1 Å². The lowest BCUT2D eigenvalue weighted by molar-refractivity contribution is -0.121. The molecule has 3 aromatic rings. The number of carbonyl (C=O) groups excluding carboxylic acids is 1. The van der Waals surface area contributed by atoms with Gasteiger partial charge in [-0.3, -0.25) is 9.69 Å². The molecule has 4 rings (SSSR count). The molecule has 172 valence electrons. The molecule has 0 radical (unpaired) electrons. The van der Waals surface area contributed by atoms with Crippen molar-refractivity contribution >= 4 is 40.8 Å². The Morgan fingerprint density at radius 3 is 2.70 bits per heavy atom. The van der Waals surface area contributed by atoms with Crippen molar-refractivity contribution in [1.29, 1.82) is 0 Å². The van der Waals surface area contributed by atoms with Gasteiger partial charge in [-0.25, -0.2) is 4.79 Å². The number of carboxylic acids is 1. The van der Waals surface area contributed by atoms with Crippen LogP contribution in [0.3, 0.4) is 0 Å². The fraction of sp³-hybridized carbons (Fsp3) is 0.280. The predicted molar refractivity (Wildman–Crippen MR) is 129 cm³/mol. The van der Waals surface area contributed by atoms with Gasteiger partial charge in [-0.15, -0.1) is 0 Å². The topological polar surface area (TPSA) is 82.8 Å². The molecular weight excluding hydrogens is 463 g/mol. The van der Waals surface area contributed by atoms with Crippen molar-refractivity contribution in [3.8, 4) is 11.3 Å². The molecule has 1 saturated heterocycles. The number of anilines is 1. The maximum absolute atomic E-state index is 13.2. The lowest BCUT2D eigenvalue weighted by Gasteiger charge is -2.28. The molecule has 0 bridgehead atoms. The van der Waals surface area contributed by atoms with E-state index in [0.29, 0.717) is 45.8 Å². The molecule has 1 aliphatic heterocycles. The van der Waals surface area contributed by atoms with Gasteiger partial charge in [0.2, 0.25) is 5.91 Å². The molecule has 1 amide bonds. The number of furan rings is 1. The van der Waals surface area contributed by atoms with Crippen LogP contribution in [0.4, 0.5) is 5.69 Å². The molecule has 6 nitrogen and oxygen atoms in total. The molecule has 0 saturated carbocycles. The van der Waals surface area contributed by atoms with Gasteiger partial charge in [0.05, 0.1) is 28.9 Å². The van der Waals surface area contributed by atoms with Crippen LogP contribution in [0.15, 0.2) is 59.0 Å². The highest BCUT2D eigenvalue weighted by molar-refractivity contribution is 6.35. The van der Waals surface area contributed by atoms with Crippen LogP contribution in [0.5, 0.6) is 0 Å². The molecular formula is C25H24Cl2N2O4. The number of carboxylic acid groups (broad SMARTS) is 1. The molecule has 2 N–H and O–H groups in total. The molecule has 2 aromatic carbocycles. The summed E-state index contributed by atoms with van der Waals surface area (Å²) in [6, 6.07) is 15.0. The number of rotatable bonds is 6. The van der Waals surface area contributed by atoms with Crippen molar-refractivity contribution in [2.24, 2.45) is 0 Å². The Kier molecular flexibility index (Phi) is 7.38. The van der Waals surface area contributed by atoms with Gasteiger partial charge >= 0.3 is 5.97 Å². The summed E-state index contributed by atoms with van der Waals surface area (Å²) in [5, 5.41) is 13.4. The Bertz CT molecular complexity index is 1160. The summed E-state index contributed by atoms with van der Waals surface area (Å²) >= 11 is 12.4. The average Bonchev–Trinajstić information content (AvgIpc) is 3.13. The summed E-state index contributed by atoms with van der Waals surface area (Å²) in [6.07, 6.45) is 3.63. The first kappa shape index (κ1) is 23.4. The quantitative estimate of drug-likeness (QED) is 0.424. The minimum absolute atomic E-state index is 0.0695. The molecule has 1 atom stereocenters. The van der Waals surface area contributed by atoms with Gasteiger partial charge in [0.25, 0.3) is 0 Å². The van der Waals surface area contributed by atoms with Crippen molar-refractivity contribution in [3.63, 3.8) is 0 Å². The standard InChI is InChI=1S/C25H24Cl2N2O4/c26-16-9-11-20(27)19(14-16)23-12-10-17(33-23)15-29-13-5-1-2-8-22(29)24(30)28-21-7-4-3-6-18(21)25(31)32/h3-4,6-7,9-12,14,22H,1-2,5,8,13,15H2,(H,28,30)(H,31,32). The van der Waals surface area contributed by atoms with E-state index < -0.39 is 12.0 Å². The van der Waals surface area contributed by atoms with E-state index >= 15 is 0 Å². The van der Waals surface area contributed by atoms with Crippen molar-refractivity contribution in [2.45, 2.75) is 38.3 Å². The monoisotopic (exact) mass is 486 g/mol. The molecule has 1 unspecified atom stereocenters. The fourth-order valence-electron chi connectivity index (χ4n) is 4.14. The number of aromatic carboxylic acids is 1. The van der Waals surface area contributed by atoms with Crippen LogP contribution in [0.2, 0.25) is 10.0 Å². The van der Waals surface area contributed by atoms with Gasteiger partial charge in [0.1, 0.15) is 11.5 Å². The minimum atomic E-state index is -1.08. The highest BCUT2D eigenvalue weighted by Gasteiger charge is 2.29. The van der Waals surface area contributed by atoms with Crippen LogP contribution < -0.4 is 5.32 Å². The second-order valence-electron chi connectivity index (χ2n) is 8.07. The highest BCUT2D eigenvalue weighted by Crippen LogP contribution is 2.32. The summed E-state index contributed by atoms with van der Waals surface area (Å²) in [7, 11) is 0. The number of para-hydroxylation sites is 1. The van der Waals surface area contributed by atoms with Crippen LogP contribution in [0, 0.1) is 0 Å². The zero-order valence-electron chi connectivity index (χ0n) is 17.9. The summed E-state index contributed by atoms with van der Waals surface area (Å²) in [5.41, 5.74) is 1.08. The van der Waals surface area contributed by atoms with E-state index in [1.165, 1.54) is 6.07 Å². The molecule has 2 heterocycles. The average molecular weight is 487 g/mol. The first-order valence-corrected chi connectivity index (χ1v) is 11.6. The van der Waals surface area contributed by atoms with Crippen LogP contribution >= 0.6 is 23.2 Å². The van der Waals surface area contributed by atoms with Crippen molar-refractivity contribution in [1.82, 2.24) is 4.90 Å². The largest absolute Gasteiger partial charge is 0.478 e. The van der Waals surface area contributed by atoms with E-state index in [0.717, 1.165) is 25.8 Å². The zero-order valence-corrected chi connectivity index (χ0v) is 19.4. The maximum atomic E-state index is 13.2. The minimum Gasteiger partial charge on any atom is -0.478 e. The van der Waals surface area contributed by atoms with Gasteiger partial charge in [-0.05, 0) is 61.9 Å². The van der Waals surface area contributed by atoms with E-state index in [1.807, 2.05) is 12.1 Å². The predicted octanol–water partition coefficient (Wildman–Crippen LogP) is 6.33. The third kappa shape index (κ3) is 5.58. The number of nitrogens with zero attached hydrogens (tertiary/aromatic N) is 1. The zero-order chi connectivity index (χ0) is 23.4. The Labute approximate surface area is 202 Å². The smallest absolute Gasteiger partial charge is 0.337 e. The number of hydrogen-bond donors (Lipinski definition) is 2. The van der Waals surface area contributed by atoms with E-state index in [9.17, 15) is 14.7 Å². The Morgan fingerprint density at radius 1 is 1.06 bits per heavy atom. The third-order valence-electron chi connectivity index (χ3n) is 5.80. The summed E-state index contributed by atoms with van der Waals surface area (Å²) < 4.78 is 6.05. The summed E-state index contributed by atoms with van der Waals surface area (Å²) in [5.74, 6) is 0.0390. The Hall–Kier alpha value is -2.80. The summed E-state index contributed by atoms with van der Waals surface area (Å²) in [6.45, 7) is 1.20. The van der Waals surface area contributed by atoms with Crippen LogP contribution in [-0.2, 0) is 11.3 Å². The lowest BCUT2D eigenvalue weighted by Crippen LogP contribution is -2.43. The van der Waals surface area contributed by atoms with Gasteiger partial charge in [-0.1, -0.05) is 48.2 Å². The van der Waals surface area contributed by atoms with E-state index in [4.69, 9.17) is 27.6 Å². The number of nitrogens with one attached hydrogen (secondary N) is 1. The second kappa shape index (κ2) is 10.4. The number of likely N-dealkylation sites (tertiary alicyclic amines) is 1. The van der Waals surface area contributed by atoms with Gasteiger partial charge in [-0.2, -0.15) is 0 Å². The lowest BCUT2D eigenvalue weighted by atomic mass is 10.1. The molecule has 1 fully saturated rings. The van der Waals surface area contributed by atoms with E-state index in [2.05, 4.69) is 10.2 Å². The first-order chi connectivity index (χ1) is 15.9. The highest BCUT2D eigenvalue weighted by atomic mass is 35.5. The van der Waals surface area contributed by atoms with Gasteiger partial charge in [0.15, 0.2) is 0 Å². The SMILES string of the molecule is O=C(O)c1ccccc1NC(=O)C1CCCCCN1Cc1ccc(-c2cc(Cl)ccc2Cl)o1. The van der Waals surface area contributed by atoms with E-state index in [1.54, 1.807) is 36.4 Å².